The minimum absolute atomic E-state index is 0.300. The van der Waals surface area contributed by atoms with Crippen molar-refractivity contribution >= 4 is 5.78 Å². The molecule has 1 nitrogen and oxygen atoms in total. The smallest absolute Gasteiger partial charge is 0.129 e. The zero-order chi connectivity index (χ0) is 8.53. The van der Waals surface area contributed by atoms with Gasteiger partial charge in [-0.1, -0.05) is 25.5 Å². The Morgan fingerprint density at radius 3 is 2.45 bits per heavy atom. The molecule has 0 aromatic rings. The van der Waals surface area contributed by atoms with Crippen LogP contribution in [0.25, 0.3) is 0 Å². The van der Waals surface area contributed by atoms with Crippen LogP contribution >= 0.6 is 0 Å². The Morgan fingerprint density at radius 1 is 1.27 bits per heavy atom. The fraction of sp³-hybridized carbons (Fsp3) is 0.700. The highest BCUT2D eigenvalue weighted by Crippen LogP contribution is 1.98. The van der Waals surface area contributed by atoms with Gasteiger partial charge in [0.2, 0.25) is 0 Å². The normalized spacial score (nSPS) is 10.7. The third kappa shape index (κ3) is 9.41. The maximum absolute atomic E-state index is 10.5. The van der Waals surface area contributed by atoms with E-state index in [0.717, 1.165) is 19.3 Å². The molecule has 0 aromatic heterocycles. The van der Waals surface area contributed by atoms with Crippen molar-refractivity contribution in [1.82, 2.24) is 0 Å². The topological polar surface area (TPSA) is 17.1 Å². The van der Waals surface area contributed by atoms with Gasteiger partial charge in [-0.15, -0.1) is 0 Å². The first-order valence-electron chi connectivity index (χ1n) is 4.41. The molecule has 0 rings (SSSR count). The van der Waals surface area contributed by atoms with E-state index in [1.807, 2.05) is 0 Å². The molecule has 0 amide bonds. The van der Waals surface area contributed by atoms with E-state index in [0.29, 0.717) is 5.78 Å². The average molecular weight is 154 g/mol. The number of rotatable bonds is 6. The molecule has 0 radical (unpaired) electrons. The van der Waals surface area contributed by atoms with E-state index in [1.54, 1.807) is 6.92 Å². The SMILES string of the molecule is CCCC=CCCCC(C)=O. The first-order chi connectivity index (χ1) is 5.27. The highest BCUT2D eigenvalue weighted by molar-refractivity contribution is 5.75. The van der Waals surface area contributed by atoms with Crippen molar-refractivity contribution in [2.24, 2.45) is 0 Å². The molecule has 0 heterocycles. The molecule has 0 saturated carbocycles. The fourth-order valence-corrected chi connectivity index (χ4v) is 0.871. The van der Waals surface area contributed by atoms with Crippen LogP contribution in [0.2, 0.25) is 0 Å². The van der Waals surface area contributed by atoms with E-state index in [4.69, 9.17) is 0 Å². The summed E-state index contributed by atoms with van der Waals surface area (Å²) >= 11 is 0. The molecule has 0 aliphatic carbocycles. The molecule has 0 fully saturated rings. The van der Waals surface area contributed by atoms with Gasteiger partial charge in [-0.2, -0.15) is 0 Å². The van der Waals surface area contributed by atoms with Crippen LogP contribution in [0.15, 0.2) is 12.2 Å². The Bertz CT molecular complexity index is 125. The highest BCUT2D eigenvalue weighted by Gasteiger charge is 1.89. The second kappa shape index (κ2) is 7.52. The van der Waals surface area contributed by atoms with Crippen LogP contribution in [0.3, 0.4) is 0 Å². The third-order valence-electron chi connectivity index (χ3n) is 1.52. The number of hydrogen-bond acceptors (Lipinski definition) is 1. The van der Waals surface area contributed by atoms with Gasteiger partial charge in [0.15, 0.2) is 0 Å². The van der Waals surface area contributed by atoms with Crippen LogP contribution in [-0.4, -0.2) is 5.78 Å². The van der Waals surface area contributed by atoms with Gasteiger partial charge in [0.05, 0.1) is 0 Å². The number of carbonyl (C=O) groups excluding carboxylic acids is 1. The monoisotopic (exact) mass is 154 g/mol. The van der Waals surface area contributed by atoms with Crippen molar-refractivity contribution in [1.29, 1.82) is 0 Å². The first kappa shape index (κ1) is 10.4. The highest BCUT2D eigenvalue weighted by atomic mass is 16.1. The molecule has 0 aliphatic heterocycles. The summed E-state index contributed by atoms with van der Waals surface area (Å²) in [6, 6.07) is 0. The second-order valence-corrected chi connectivity index (χ2v) is 2.85. The summed E-state index contributed by atoms with van der Waals surface area (Å²) in [4.78, 5) is 10.5. The van der Waals surface area contributed by atoms with Crippen molar-refractivity contribution in [2.45, 2.75) is 46.0 Å². The van der Waals surface area contributed by atoms with Crippen LogP contribution in [0.5, 0.6) is 0 Å². The van der Waals surface area contributed by atoms with Gasteiger partial charge in [0.25, 0.3) is 0 Å². The number of carbonyl (C=O) groups is 1. The van der Waals surface area contributed by atoms with Gasteiger partial charge in [-0.3, -0.25) is 0 Å². The molecular weight excluding hydrogens is 136 g/mol. The number of allylic oxidation sites excluding steroid dienone is 2. The first-order valence-corrected chi connectivity index (χ1v) is 4.41. The van der Waals surface area contributed by atoms with Gasteiger partial charge in [-0.05, 0) is 26.2 Å². The molecule has 0 N–H and O–H groups in total. The Labute approximate surface area is 69.5 Å². The summed E-state index contributed by atoms with van der Waals surface area (Å²) in [5.41, 5.74) is 0. The number of hydrogen-bond donors (Lipinski definition) is 0. The molecule has 0 atom stereocenters. The Morgan fingerprint density at radius 2 is 1.91 bits per heavy atom. The lowest BCUT2D eigenvalue weighted by Crippen LogP contribution is -1.87. The summed E-state index contributed by atoms with van der Waals surface area (Å²) in [5, 5.41) is 0. The summed E-state index contributed by atoms with van der Waals surface area (Å²) in [6.07, 6.45) is 9.54. The average Bonchev–Trinajstić information content (AvgIpc) is 1.96. The summed E-state index contributed by atoms with van der Waals surface area (Å²) in [5.74, 6) is 0.300. The van der Waals surface area contributed by atoms with Gasteiger partial charge >= 0.3 is 0 Å². The lowest BCUT2D eigenvalue weighted by molar-refractivity contribution is -0.117. The molecule has 0 bridgehead atoms. The molecule has 0 unspecified atom stereocenters. The van der Waals surface area contributed by atoms with E-state index in [-0.39, 0.29) is 0 Å². The van der Waals surface area contributed by atoms with E-state index in [1.165, 1.54) is 12.8 Å². The van der Waals surface area contributed by atoms with E-state index < -0.39 is 0 Å². The summed E-state index contributed by atoms with van der Waals surface area (Å²) in [7, 11) is 0. The Hall–Kier alpha value is -0.590. The van der Waals surface area contributed by atoms with Gasteiger partial charge in [0, 0.05) is 6.42 Å². The molecular formula is C10H18O. The summed E-state index contributed by atoms with van der Waals surface area (Å²) < 4.78 is 0. The van der Waals surface area contributed by atoms with E-state index >= 15 is 0 Å². The van der Waals surface area contributed by atoms with Crippen molar-refractivity contribution in [2.75, 3.05) is 0 Å². The van der Waals surface area contributed by atoms with Crippen molar-refractivity contribution in [3.05, 3.63) is 12.2 Å². The summed E-state index contributed by atoms with van der Waals surface area (Å²) in [6.45, 7) is 3.82. The lowest BCUT2D eigenvalue weighted by atomic mass is 10.2. The molecule has 11 heavy (non-hydrogen) atoms. The molecule has 0 aliphatic rings. The third-order valence-corrected chi connectivity index (χ3v) is 1.52. The quantitative estimate of drug-likeness (QED) is 0.424. The zero-order valence-corrected chi connectivity index (χ0v) is 7.60. The van der Waals surface area contributed by atoms with Crippen LogP contribution in [-0.2, 0) is 4.79 Å². The van der Waals surface area contributed by atoms with Gasteiger partial charge in [0.1, 0.15) is 5.78 Å². The minimum atomic E-state index is 0.300. The fourth-order valence-electron chi connectivity index (χ4n) is 0.871. The van der Waals surface area contributed by atoms with Crippen molar-refractivity contribution < 1.29 is 4.79 Å². The largest absolute Gasteiger partial charge is 0.300 e. The molecule has 0 aromatic carbocycles. The second-order valence-electron chi connectivity index (χ2n) is 2.85. The van der Waals surface area contributed by atoms with Crippen molar-refractivity contribution in [3.8, 4) is 0 Å². The van der Waals surface area contributed by atoms with Crippen molar-refractivity contribution in [3.63, 3.8) is 0 Å². The number of ketones is 1. The molecule has 1 heteroatoms. The Balaban J connectivity index is 3.07. The van der Waals surface area contributed by atoms with Crippen LogP contribution in [0, 0.1) is 0 Å². The maximum Gasteiger partial charge on any atom is 0.129 e. The number of Topliss-reactive ketones (excluding diaryl/α,β-unsaturated/α-hetero) is 1. The number of unbranched alkanes of at least 4 members (excludes halogenated alkanes) is 2. The van der Waals surface area contributed by atoms with Crippen LogP contribution in [0.4, 0.5) is 0 Å². The van der Waals surface area contributed by atoms with Crippen LogP contribution in [0.1, 0.15) is 46.0 Å². The predicted molar refractivity (Wildman–Crippen MR) is 48.6 cm³/mol. The predicted octanol–water partition coefficient (Wildman–Crippen LogP) is 3.10. The maximum atomic E-state index is 10.5. The molecule has 64 valence electrons. The van der Waals surface area contributed by atoms with Gasteiger partial charge in [-0.25, -0.2) is 0 Å². The van der Waals surface area contributed by atoms with Crippen LogP contribution < -0.4 is 0 Å². The standard InChI is InChI=1S/C10H18O/c1-3-4-5-6-7-8-9-10(2)11/h5-6H,3-4,7-9H2,1-2H3. The molecule has 0 spiro atoms. The minimum Gasteiger partial charge on any atom is -0.300 e. The van der Waals surface area contributed by atoms with E-state index in [2.05, 4.69) is 19.1 Å². The van der Waals surface area contributed by atoms with Gasteiger partial charge < -0.3 is 4.79 Å². The molecule has 0 saturated heterocycles. The van der Waals surface area contributed by atoms with E-state index in [9.17, 15) is 4.79 Å². The Kier molecular flexibility index (Phi) is 7.11. The zero-order valence-electron chi connectivity index (χ0n) is 7.60. The lowest BCUT2D eigenvalue weighted by Gasteiger charge is -1.90.